The standard InChI is InChI=1S/C28H36N4O3S/c1-19-8-7-9-24(20(19)2)22-10-12-23(13-11-22)28-25-17-31(14-5-6-15-32(25)26(28)18-33)36(34,35)27-16-29-21(3)30(27)4/h7-13,16,25-26,28,33H,5-6,14-15,17-18H2,1-4H3/t25-,26+,28-/m0/s1. The molecule has 7 nitrogen and oxygen atoms in total. The van der Waals surface area contributed by atoms with Gasteiger partial charge in [0, 0.05) is 38.1 Å². The third-order valence-corrected chi connectivity index (χ3v) is 10.2. The van der Waals surface area contributed by atoms with Crippen molar-refractivity contribution < 1.29 is 13.5 Å². The lowest BCUT2D eigenvalue weighted by Gasteiger charge is -2.57. The number of hydrogen-bond acceptors (Lipinski definition) is 5. The number of nitrogens with zero attached hydrogens (tertiary/aromatic N) is 4. The number of aliphatic hydroxyl groups is 1. The Balaban J connectivity index is 1.44. The number of rotatable bonds is 5. The van der Waals surface area contributed by atoms with Crippen LogP contribution in [0.15, 0.2) is 53.7 Å². The number of fused-ring (bicyclic) bond motifs is 1. The van der Waals surface area contributed by atoms with Gasteiger partial charge < -0.3 is 9.67 Å². The van der Waals surface area contributed by atoms with Gasteiger partial charge in [0.2, 0.25) is 0 Å². The van der Waals surface area contributed by atoms with Crippen LogP contribution in [-0.4, -0.2) is 70.6 Å². The molecule has 3 heterocycles. The van der Waals surface area contributed by atoms with Crippen molar-refractivity contribution in [3.8, 4) is 11.1 Å². The van der Waals surface area contributed by atoms with Gasteiger partial charge in [-0.25, -0.2) is 13.4 Å². The number of aliphatic hydroxyl groups excluding tert-OH is 1. The van der Waals surface area contributed by atoms with Crippen LogP contribution in [0.5, 0.6) is 0 Å². The van der Waals surface area contributed by atoms with E-state index in [1.54, 1.807) is 15.9 Å². The highest BCUT2D eigenvalue weighted by molar-refractivity contribution is 7.89. The van der Waals surface area contributed by atoms with E-state index in [0.29, 0.717) is 18.9 Å². The van der Waals surface area contributed by atoms with Crippen LogP contribution in [0.2, 0.25) is 0 Å². The molecule has 0 spiro atoms. The molecule has 3 atom stereocenters. The molecule has 5 rings (SSSR count). The van der Waals surface area contributed by atoms with Crippen LogP contribution in [0, 0.1) is 20.8 Å². The number of sulfonamides is 1. The minimum atomic E-state index is -3.67. The Morgan fingerprint density at radius 3 is 2.42 bits per heavy atom. The van der Waals surface area contributed by atoms with E-state index >= 15 is 0 Å². The molecule has 192 valence electrons. The van der Waals surface area contributed by atoms with Gasteiger partial charge in [-0.05, 0) is 68.0 Å². The zero-order chi connectivity index (χ0) is 25.6. The molecule has 36 heavy (non-hydrogen) atoms. The number of hydrogen-bond donors (Lipinski definition) is 1. The van der Waals surface area contributed by atoms with Gasteiger partial charge >= 0.3 is 0 Å². The highest BCUT2D eigenvalue weighted by atomic mass is 32.2. The van der Waals surface area contributed by atoms with E-state index in [2.05, 4.69) is 66.2 Å². The summed E-state index contributed by atoms with van der Waals surface area (Å²) in [7, 11) is -1.92. The van der Waals surface area contributed by atoms with Gasteiger partial charge in [-0.2, -0.15) is 4.31 Å². The summed E-state index contributed by atoms with van der Waals surface area (Å²) in [6, 6.07) is 15.0. The number of aryl methyl sites for hydroxylation is 2. The van der Waals surface area contributed by atoms with E-state index < -0.39 is 10.0 Å². The fourth-order valence-electron chi connectivity index (χ4n) is 5.93. The van der Waals surface area contributed by atoms with Crippen molar-refractivity contribution in [2.24, 2.45) is 7.05 Å². The normalized spacial score (nSPS) is 23.5. The zero-order valence-electron chi connectivity index (χ0n) is 21.6. The summed E-state index contributed by atoms with van der Waals surface area (Å²) in [5, 5.41) is 10.5. The Hall–Kier alpha value is -2.52. The number of imidazole rings is 1. The molecule has 0 bridgehead atoms. The first-order valence-corrected chi connectivity index (χ1v) is 14.2. The first-order chi connectivity index (χ1) is 17.2. The summed E-state index contributed by atoms with van der Waals surface area (Å²) < 4.78 is 30.5. The average Bonchev–Trinajstić information content (AvgIpc) is 3.19. The van der Waals surface area contributed by atoms with Gasteiger partial charge in [0.25, 0.3) is 10.0 Å². The van der Waals surface area contributed by atoms with Crippen molar-refractivity contribution in [1.29, 1.82) is 0 Å². The van der Waals surface area contributed by atoms with E-state index in [0.717, 1.165) is 24.9 Å². The second kappa shape index (κ2) is 9.74. The summed E-state index contributed by atoms with van der Waals surface area (Å²) in [6.45, 7) is 7.94. The van der Waals surface area contributed by atoms with Crippen molar-refractivity contribution in [3.05, 3.63) is 71.2 Å². The van der Waals surface area contributed by atoms with Crippen molar-refractivity contribution in [2.75, 3.05) is 26.2 Å². The molecule has 2 aromatic carbocycles. The van der Waals surface area contributed by atoms with Crippen LogP contribution in [0.4, 0.5) is 0 Å². The maximum absolute atomic E-state index is 13.6. The summed E-state index contributed by atoms with van der Waals surface area (Å²) in [5.74, 6) is 0.750. The quantitative estimate of drug-likeness (QED) is 0.570. The van der Waals surface area contributed by atoms with Crippen LogP contribution in [-0.2, 0) is 17.1 Å². The molecule has 0 unspecified atom stereocenters. The van der Waals surface area contributed by atoms with Crippen LogP contribution in [0.1, 0.15) is 41.3 Å². The predicted molar refractivity (Wildman–Crippen MR) is 141 cm³/mol. The van der Waals surface area contributed by atoms with Crippen LogP contribution >= 0.6 is 0 Å². The topological polar surface area (TPSA) is 78.7 Å². The number of aromatic nitrogens is 2. The zero-order valence-corrected chi connectivity index (χ0v) is 22.4. The van der Waals surface area contributed by atoms with E-state index in [9.17, 15) is 13.5 Å². The summed E-state index contributed by atoms with van der Waals surface area (Å²) in [4.78, 5) is 6.52. The minimum Gasteiger partial charge on any atom is -0.395 e. The molecule has 3 aromatic rings. The molecule has 2 fully saturated rings. The largest absolute Gasteiger partial charge is 0.395 e. The smallest absolute Gasteiger partial charge is 0.260 e. The summed E-state index contributed by atoms with van der Waals surface area (Å²) in [6.07, 6.45) is 3.16. The van der Waals surface area contributed by atoms with Gasteiger partial charge in [-0.3, -0.25) is 4.90 Å². The van der Waals surface area contributed by atoms with Crippen molar-refractivity contribution in [2.45, 2.75) is 56.6 Å². The monoisotopic (exact) mass is 508 g/mol. The van der Waals surface area contributed by atoms with E-state index in [1.165, 1.54) is 28.5 Å². The third kappa shape index (κ3) is 4.20. The van der Waals surface area contributed by atoms with Crippen molar-refractivity contribution in [1.82, 2.24) is 18.8 Å². The van der Waals surface area contributed by atoms with E-state index in [-0.39, 0.29) is 29.6 Å². The molecule has 0 amide bonds. The Bertz CT molecular complexity index is 1350. The first kappa shape index (κ1) is 25.1. The molecular formula is C28H36N4O3S. The Labute approximate surface area is 214 Å². The van der Waals surface area contributed by atoms with Gasteiger partial charge in [0.1, 0.15) is 5.82 Å². The Morgan fingerprint density at radius 2 is 1.75 bits per heavy atom. The maximum atomic E-state index is 13.6. The molecule has 2 aliphatic rings. The molecular weight excluding hydrogens is 472 g/mol. The molecule has 2 saturated heterocycles. The Morgan fingerprint density at radius 1 is 1.03 bits per heavy atom. The van der Waals surface area contributed by atoms with Gasteiger partial charge in [0.05, 0.1) is 12.8 Å². The van der Waals surface area contributed by atoms with Gasteiger partial charge in [-0.1, -0.05) is 42.5 Å². The molecule has 1 N–H and O–H groups in total. The van der Waals surface area contributed by atoms with Crippen molar-refractivity contribution >= 4 is 10.0 Å². The molecule has 8 heteroatoms. The van der Waals surface area contributed by atoms with Crippen LogP contribution < -0.4 is 0 Å². The maximum Gasteiger partial charge on any atom is 0.260 e. The third-order valence-electron chi connectivity index (χ3n) is 8.33. The minimum absolute atomic E-state index is 0.00292. The predicted octanol–water partition coefficient (Wildman–Crippen LogP) is 3.63. The summed E-state index contributed by atoms with van der Waals surface area (Å²) in [5.41, 5.74) is 6.10. The lowest BCUT2D eigenvalue weighted by Crippen LogP contribution is -2.67. The first-order valence-electron chi connectivity index (χ1n) is 12.8. The molecule has 1 aromatic heterocycles. The SMILES string of the molecule is Cc1cccc(-c2ccc([C@@H]3[C@@H](CO)N4CCCCN(S(=O)(=O)c5cnc(C)n5C)C[C@@H]34)cc2)c1C. The second-order valence-electron chi connectivity index (χ2n) is 10.2. The Kier molecular flexibility index (Phi) is 6.80. The lowest BCUT2D eigenvalue weighted by atomic mass is 9.74. The van der Waals surface area contributed by atoms with E-state index in [4.69, 9.17) is 0 Å². The van der Waals surface area contributed by atoms with E-state index in [1.807, 2.05) is 6.92 Å². The molecule has 2 aliphatic heterocycles. The highest BCUT2D eigenvalue weighted by Gasteiger charge is 2.50. The highest BCUT2D eigenvalue weighted by Crippen LogP contribution is 2.43. The van der Waals surface area contributed by atoms with Crippen molar-refractivity contribution in [3.63, 3.8) is 0 Å². The second-order valence-corrected chi connectivity index (χ2v) is 12.1. The average molecular weight is 509 g/mol. The van der Waals surface area contributed by atoms with Crippen LogP contribution in [0.25, 0.3) is 11.1 Å². The lowest BCUT2D eigenvalue weighted by molar-refractivity contribution is -0.0554. The summed E-state index contributed by atoms with van der Waals surface area (Å²) >= 11 is 0. The van der Waals surface area contributed by atoms with Gasteiger partial charge in [-0.15, -0.1) is 0 Å². The fourth-order valence-corrected chi connectivity index (χ4v) is 7.58. The number of benzene rings is 2. The molecule has 0 saturated carbocycles. The molecule has 0 radical (unpaired) electrons. The van der Waals surface area contributed by atoms with Gasteiger partial charge in [0.15, 0.2) is 5.03 Å². The molecule has 0 aliphatic carbocycles. The van der Waals surface area contributed by atoms with Crippen LogP contribution in [0.3, 0.4) is 0 Å². The fraction of sp³-hybridized carbons (Fsp3) is 0.464.